The fourth-order valence-electron chi connectivity index (χ4n) is 1.83. The molecule has 100 valence electrons. The molecule has 0 bridgehead atoms. The Balaban J connectivity index is 2.31. The van der Waals surface area contributed by atoms with Crippen LogP contribution >= 0.6 is 15.9 Å². The van der Waals surface area contributed by atoms with Crippen LogP contribution in [0.1, 0.15) is 30.9 Å². The molecule has 0 N–H and O–H groups in total. The van der Waals surface area contributed by atoms with Crippen molar-refractivity contribution < 1.29 is 9.13 Å². The lowest BCUT2D eigenvalue weighted by molar-refractivity contribution is 0.469. The maximum Gasteiger partial charge on any atom is 0.134 e. The molecule has 2 aromatic carbocycles. The van der Waals surface area contributed by atoms with Crippen LogP contribution in [0.15, 0.2) is 42.5 Å². The zero-order valence-electron chi connectivity index (χ0n) is 11.0. The summed E-state index contributed by atoms with van der Waals surface area (Å²) < 4.78 is 19.5. The summed E-state index contributed by atoms with van der Waals surface area (Å²) in [5.41, 5.74) is 1.74. The van der Waals surface area contributed by atoms with Crippen LogP contribution in [-0.2, 0) is 5.33 Å². The van der Waals surface area contributed by atoms with Gasteiger partial charge in [-0.05, 0) is 35.7 Å². The topological polar surface area (TPSA) is 9.23 Å². The third-order valence-electron chi connectivity index (χ3n) is 2.96. The average Bonchev–Trinajstić information content (AvgIpc) is 2.39. The van der Waals surface area contributed by atoms with Gasteiger partial charge < -0.3 is 4.74 Å². The first-order valence-electron chi connectivity index (χ1n) is 6.23. The fraction of sp³-hybridized carbons (Fsp3) is 0.250. The minimum Gasteiger partial charge on any atom is -0.457 e. The van der Waals surface area contributed by atoms with E-state index >= 15 is 0 Å². The maximum atomic E-state index is 13.7. The van der Waals surface area contributed by atoms with Gasteiger partial charge in [-0.1, -0.05) is 48.0 Å². The summed E-state index contributed by atoms with van der Waals surface area (Å²) in [4.78, 5) is 0. The van der Waals surface area contributed by atoms with Gasteiger partial charge in [0, 0.05) is 10.9 Å². The standard InChI is InChI=1S/C16H16BrFO/c1-11(2)12-5-3-6-13(9-12)19-16-8-4-7-15(18)14(16)10-17/h3-9,11H,10H2,1-2H3. The van der Waals surface area contributed by atoms with Crippen LogP contribution in [0.3, 0.4) is 0 Å². The fourth-order valence-corrected chi connectivity index (χ4v) is 2.37. The van der Waals surface area contributed by atoms with E-state index < -0.39 is 0 Å². The molecular formula is C16H16BrFO. The van der Waals surface area contributed by atoms with Gasteiger partial charge in [-0.2, -0.15) is 0 Å². The molecule has 19 heavy (non-hydrogen) atoms. The van der Waals surface area contributed by atoms with Crippen LogP contribution in [-0.4, -0.2) is 0 Å². The second-order valence-electron chi connectivity index (χ2n) is 4.68. The van der Waals surface area contributed by atoms with Gasteiger partial charge in [-0.25, -0.2) is 4.39 Å². The van der Waals surface area contributed by atoms with E-state index in [1.165, 1.54) is 11.6 Å². The maximum absolute atomic E-state index is 13.7. The third kappa shape index (κ3) is 3.35. The summed E-state index contributed by atoms with van der Waals surface area (Å²) in [5.74, 6) is 1.47. The Morgan fingerprint density at radius 3 is 2.58 bits per heavy atom. The van der Waals surface area contributed by atoms with Gasteiger partial charge >= 0.3 is 0 Å². The molecule has 0 aliphatic heterocycles. The highest BCUT2D eigenvalue weighted by molar-refractivity contribution is 9.08. The summed E-state index contributed by atoms with van der Waals surface area (Å²) >= 11 is 3.29. The van der Waals surface area contributed by atoms with Crippen LogP contribution in [0.5, 0.6) is 11.5 Å². The van der Waals surface area contributed by atoms with Crippen molar-refractivity contribution in [3.63, 3.8) is 0 Å². The van der Waals surface area contributed by atoms with Crippen LogP contribution in [0.2, 0.25) is 0 Å². The molecule has 0 saturated carbocycles. The van der Waals surface area contributed by atoms with Crippen molar-refractivity contribution in [3.05, 3.63) is 59.4 Å². The van der Waals surface area contributed by atoms with Crippen molar-refractivity contribution in [1.29, 1.82) is 0 Å². The number of benzene rings is 2. The van der Waals surface area contributed by atoms with Gasteiger partial charge in [0.05, 0.1) is 0 Å². The molecule has 2 aromatic rings. The van der Waals surface area contributed by atoms with E-state index in [1.54, 1.807) is 12.1 Å². The highest BCUT2D eigenvalue weighted by Crippen LogP contribution is 2.30. The normalized spacial score (nSPS) is 10.8. The Kier molecular flexibility index (Phi) is 4.59. The van der Waals surface area contributed by atoms with Gasteiger partial charge in [0.15, 0.2) is 0 Å². The van der Waals surface area contributed by atoms with Crippen molar-refractivity contribution >= 4 is 15.9 Å². The second kappa shape index (κ2) is 6.20. The van der Waals surface area contributed by atoms with Crippen molar-refractivity contribution in [2.45, 2.75) is 25.1 Å². The molecule has 0 saturated heterocycles. The molecule has 0 unspecified atom stereocenters. The molecule has 0 heterocycles. The first kappa shape index (κ1) is 14.1. The summed E-state index contributed by atoms with van der Waals surface area (Å²) in [6.07, 6.45) is 0. The predicted molar refractivity (Wildman–Crippen MR) is 79.6 cm³/mol. The molecule has 1 nitrogen and oxygen atoms in total. The van der Waals surface area contributed by atoms with Crippen molar-refractivity contribution in [3.8, 4) is 11.5 Å². The van der Waals surface area contributed by atoms with E-state index in [0.717, 1.165) is 5.75 Å². The molecule has 0 aliphatic carbocycles. The van der Waals surface area contributed by atoms with Crippen LogP contribution in [0, 0.1) is 5.82 Å². The number of hydrogen-bond donors (Lipinski definition) is 0. The molecule has 0 aromatic heterocycles. The summed E-state index contributed by atoms with van der Waals surface area (Å²) in [6, 6.07) is 12.8. The minimum atomic E-state index is -0.255. The number of alkyl halides is 1. The van der Waals surface area contributed by atoms with Gasteiger partial charge in [0.25, 0.3) is 0 Å². The van der Waals surface area contributed by atoms with E-state index in [1.807, 2.05) is 18.2 Å². The van der Waals surface area contributed by atoms with Crippen LogP contribution in [0.25, 0.3) is 0 Å². The van der Waals surface area contributed by atoms with Gasteiger partial charge in [0.1, 0.15) is 17.3 Å². The molecule has 0 amide bonds. The van der Waals surface area contributed by atoms with E-state index in [0.29, 0.717) is 22.6 Å². The lowest BCUT2D eigenvalue weighted by atomic mass is 10.0. The monoisotopic (exact) mass is 322 g/mol. The number of hydrogen-bond acceptors (Lipinski definition) is 1. The highest BCUT2D eigenvalue weighted by atomic mass is 79.9. The Bertz CT molecular complexity index is 566. The second-order valence-corrected chi connectivity index (χ2v) is 5.24. The average molecular weight is 323 g/mol. The summed E-state index contributed by atoms with van der Waals surface area (Å²) in [5, 5.41) is 0.429. The molecule has 0 spiro atoms. The molecular weight excluding hydrogens is 307 g/mol. The van der Waals surface area contributed by atoms with E-state index in [-0.39, 0.29) is 5.82 Å². The Hall–Kier alpha value is -1.35. The Labute approximate surface area is 121 Å². The van der Waals surface area contributed by atoms with E-state index in [2.05, 4.69) is 35.8 Å². The quantitative estimate of drug-likeness (QED) is 0.662. The van der Waals surface area contributed by atoms with Crippen molar-refractivity contribution in [2.24, 2.45) is 0 Å². The third-order valence-corrected chi connectivity index (χ3v) is 3.52. The predicted octanol–water partition coefficient (Wildman–Crippen LogP) is 5.64. The summed E-state index contributed by atoms with van der Waals surface area (Å²) in [7, 11) is 0. The number of rotatable bonds is 4. The SMILES string of the molecule is CC(C)c1cccc(Oc2cccc(F)c2CBr)c1. The zero-order valence-corrected chi connectivity index (χ0v) is 12.6. The van der Waals surface area contributed by atoms with E-state index in [4.69, 9.17) is 4.74 Å². The zero-order chi connectivity index (χ0) is 13.8. The first-order chi connectivity index (χ1) is 9.11. The van der Waals surface area contributed by atoms with Crippen molar-refractivity contribution in [2.75, 3.05) is 0 Å². The molecule has 0 radical (unpaired) electrons. The van der Waals surface area contributed by atoms with Gasteiger partial charge in [-0.15, -0.1) is 0 Å². The smallest absolute Gasteiger partial charge is 0.134 e. The molecule has 2 rings (SSSR count). The summed E-state index contributed by atoms with van der Waals surface area (Å²) in [6.45, 7) is 4.26. The lowest BCUT2D eigenvalue weighted by Gasteiger charge is -2.12. The van der Waals surface area contributed by atoms with Crippen LogP contribution in [0.4, 0.5) is 4.39 Å². The van der Waals surface area contributed by atoms with Gasteiger partial charge in [0.2, 0.25) is 0 Å². The molecule has 0 aliphatic rings. The Morgan fingerprint density at radius 1 is 1.16 bits per heavy atom. The molecule has 3 heteroatoms. The number of halogens is 2. The highest BCUT2D eigenvalue weighted by Gasteiger charge is 2.09. The number of ether oxygens (including phenoxy) is 1. The van der Waals surface area contributed by atoms with Crippen molar-refractivity contribution in [1.82, 2.24) is 0 Å². The van der Waals surface area contributed by atoms with Crippen LogP contribution < -0.4 is 4.74 Å². The van der Waals surface area contributed by atoms with E-state index in [9.17, 15) is 4.39 Å². The first-order valence-corrected chi connectivity index (χ1v) is 7.35. The Morgan fingerprint density at radius 2 is 1.89 bits per heavy atom. The largest absolute Gasteiger partial charge is 0.457 e. The minimum absolute atomic E-state index is 0.255. The molecule has 0 fully saturated rings. The van der Waals surface area contributed by atoms with Gasteiger partial charge in [-0.3, -0.25) is 0 Å². The lowest BCUT2D eigenvalue weighted by Crippen LogP contribution is -1.94. The molecule has 0 atom stereocenters.